The van der Waals surface area contributed by atoms with Gasteiger partial charge in [-0.2, -0.15) is 0 Å². The van der Waals surface area contributed by atoms with Crippen LogP contribution in [0.4, 0.5) is 0 Å². The van der Waals surface area contributed by atoms with E-state index in [9.17, 15) is 0 Å². The van der Waals surface area contributed by atoms with Gasteiger partial charge >= 0.3 is 0 Å². The predicted molar refractivity (Wildman–Crippen MR) is 272 cm³/mol. The molecule has 8 aromatic carbocycles. The van der Waals surface area contributed by atoms with Gasteiger partial charge in [-0.05, 0) is 116 Å². The van der Waals surface area contributed by atoms with Gasteiger partial charge in [-0.3, -0.25) is 0 Å². The minimum absolute atomic E-state index is 0.886. The molecule has 0 fully saturated rings. The zero-order valence-electron chi connectivity index (χ0n) is 35.1. The fourth-order valence-electron chi connectivity index (χ4n) is 7.66. The van der Waals surface area contributed by atoms with Crippen molar-refractivity contribution in [3.63, 3.8) is 0 Å². The molecule has 0 nitrogen and oxygen atoms in total. The van der Waals surface area contributed by atoms with Crippen LogP contribution in [-0.4, -0.2) is 0 Å². The zero-order valence-corrected chi connectivity index (χ0v) is 36.0. The summed E-state index contributed by atoms with van der Waals surface area (Å²) < 4.78 is 0. The standard InChI is InChI=1S/C61H49P/c1-3-5-21-50(4-2)59(51-22-11-6-12-23-51)44-47-32-38-56(39-33-47)62(57-40-34-48(35-41-57)45-60(52-24-13-7-14-25-52)53-26-15-8-16-27-53)58-42-36-49(37-43-58)46-61(54-28-17-9-18-29-54)55-30-19-10-20-31-55/h3-46H,2H2,1H3/b5-3-,50-21+,59-44-. The highest BCUT2D eigenvalue weighted by Crippen LogP contribution is 2.35. The first-order chi connectivity index (χ1) is 30.7. The van der Waals surface area contributed by atoms with Crippen molar-refractivity contribution in [2.45, 2.75) is 6.92 Å². The van der Waals surface area contributed by atoms with E-state index in [2.05, 4.69) is 261 Å². The van der Waals surface area contributed by atoms with Crippen LogP contribution in [0.2, 0.25) is 0 Å². The summed E-state index contributed by atoms with van der Waals surface area (Å²) in [7, 11) is -0.886. The number of allylic oxidation sites excluding steroid dienone is 6. The summed E-state index contributed by atoms with van der Waals surface area (Å²) in [6.07, 6.45) is 15.1. The maximum atomic E-state index is 4.16. The lowest BCUT2D eigenvalue weighted by molar-refractivity contribution is 1.55. The van der Waals surface area contributed by atoms with E-state index in [4.69, 9.17) is 0 Å². The Morgan fingerprint density at radius 1 is 0.371 bits per heavy atom. The first kappa shape index (κ1) is 41.4. The van der Waals surface area contributed by atoms with Crippen LogP contribution in [0.1, 0.15) is 51.4 Å². The largest absolute Gasteiger partial charge is 0.0984 e. The van der Waals surface area contributed by atoms with Gasteiger partial charge in [0.15, 0.2) is 0 Å². The van der Waals surface area contributed by atoms with Gasteiger partial charge in [-0.15, -0.1) is 0 Å². The Hall–Kier alpha value is -7.37. The van der Waals surface area contributed by atoms with Crippen LogP contribution >= 0.6 is 7.92 Å². The van der Waals surface area contributed by atoms with Crippen LogP contribution in [-0.2, 0) is 0 Å². The molecule has 0 aliphatic rings. The average Bonchev–Trinajstić information content (AvgIpc) is 3.35. The first-order valence-electron chi connectivity index (χ1n) is 21.2. The average molecular weight is 813 g/mol. The van der Waals surface area contributed by atoms with Gasteiger partial charge in [0.25, 0.3) is 0 Å². The molecule has 0 heterocycles. The van der Waals surface area contributed by atoms with E-state index in [0.29, 0.717) is 0 Å². The molecule has 0 aliphatic heterocycles. The van der Waals surface area contributed by atoms with Crippen LogP contribution in [0.5, 0.6) is 0 Å². The van der Waals surface area contributed by atoms with Gasteiger partial charge in [-0.25, -0.2) is 0 Å². The zero-order chi connectivity index (χ0) is 42.4. The van der Waals surface area contributed by atoms with Crippen LogP contribution in [0.3, 0.4) is 0 Å². The second-order valence-electron chi connectivity index (χ2n) is 15.0. The molecule has 0 atom stereocenters. The van der Waals surface area contributed by atoms with Crippen LogP contribution in [0, 0.1) is 0 Å². The molecule has 0 bridgehead atoms. The minimum atomic E-state index is -0.886. The number of benzene rings is 8. The van der Waals surface area contributed by atoms with E-state index in [0.717, 1.165) is 22.3 Å². The Kier molecular flexibility index (Phi) is 13.8. The van der Waals surface area contributed by atoms with Gasteiger partial charge in [-0.1, -0.05) is 255 Å². The lowest BCUT2D eigenvalue weighted by Crippen LogP contribution is -2.20. The SMILES string of the molecule is C=CC(=C\C=C/C)/C(=C/c1ccc(P(c2ccc(C=C(c3ccccc3)c3ccccc3)cc2)c2ccc(C=C(c3ccccc3)c3ccccc3)cc2)cc1)c1ccccc1. The quantitative estimate of drug-likeness (QED) is 0.0583. The maximum Gasteiger partial charge on any atom is -0.0105 e. The molecule has 0 N–H and O–H groups in total. The molecule has 0 saturated heterocycles. The summed E-state index contributed by atoms with van der Waals surface area (Å²) >= 11 is 0. The highest BCUT2D eigenvalue weighted by Gasteiger charge is 2.18. The lowest BCUT2D eigenvalue weighted by atomic mass is 9.95. The highest BCUT2D eigenvalue weighted by atomic mass is 31.1. The van der Waals surface area contributed by atoms with E-state index in [1.54, 1.807) is 0 Å². The second-order valence-corrected chi connectivity index (χ2v) is 17.2. The molecule has 0 aromatic heterocycles. The topological polar surface area (TPSA) is 0 Å². The molecule has 298 valence electrons. The van der Waals surface area contributed by atoms with Crippen molar-refractivity contribution < 1.29 is 0 Å². The Bertz CT molecular complexity index is 2610. The third kappa shape index (κ3) is 10.3. The minimum Gasteiger partial charge on any atom is -0.0984 e. The van der Waals surface area contributed by atoms with Crippen molar-refractivity contribution >= 4 is 58.8 Å². The second kappa shape index (κ2) is 20.7. The van der Waals surface area contributed by atoms with E-state index in [1.165, 1.54) is 60.4 Å². The molecular formula is C61H49P. The molecule has 0 unspecified atom stereocenters. The van der Waals surface area contributed by atoms with Crippen molar-refractivity contribution in [2.24, 2.45) is 0 Å². The summed E-state index contributed by atoms with van der Waals surface area (Å²) in [4.78, 5) is 0. The van der Waals surface area contributed by atoms with Gasteiger partial charge in [0, 0.05) is 0 Å². The van der Waals surface area contributed by atoms with Crippen molar-refractivity contribution in [2.75, 3.05) is 0 Å². The van der Waals surface area contributed by atoms with Crippen molar-refractivity contribution in [1.82, 2.24) is 0 Å². The molecule has 0 radical (unpaired) electrons. The Labute approximate surface area is 369 Å². The fraction of sp³-hybridized carbons (Fsp3) is 0.0164. The van der Waals surface area contributed by atoms with E-state index < -0.39 is 7.92 Å². The molecule has 8 aromatic rings. The van der Waals surface area contributed by atoms with Gasteiger partial charge in [0.1, 0.15) is 0 Å². The summed E-state index contributed by atoms with van der Waals surface area (Å²) in [6, 6.07) is 80.8. The van der Waals surface area contributed by atoms with Gasteiger partial charge < -0.3 is 0 Å². The molecule has 0 amide bonds. The Morgan fingerprint density at radius 3 is 0.984 bits per heavy atom. The van der Waals surface area contributed by atoms with E-state index in [-0.39, 0.29) is 0 Å². The lowest BCUT2D eigenvalue weighted by Gasteiger charge is -2.20. The van der Waals surface area contributed by atoms with Crippen LogP contribution in [0.25, 0.3) is 34.9 Å². The summed E-state index contributed by atoms with van der Waals surface area (Å²) in [5, 5.41) is 3.89. The molecule has 8 rings (SSSR count). The van der Waals surface area contributed by atoms with Crippen molar-refractivity contribution in [3.8, 4) is 0 Å². The van der Waals surface area contributed by atoms with Crippen LogP contribution in [0.15, 0.2) is 261 Å². The Morgan fingerprint density at radius 2 is 0.677 bits per heavy atom. The summed E-state index contributed by atoms with van der Waals surface area (Å²) in [6.45, 7) is 6.20. The molecule has 0 aliphatic carbocycles. The normalized spacial score (nSPS) is 11.6. The van der Waals surface area contributed by atoms with Gasteiger partial charge in [0.2, 0.25) is 0 Å². The molecule has 1 heteroatoms. The molecular weight excluding hydrogens is 764 g/mol. The first-order valence-corrected chi connectivity index (χ1v) is 22.5. The smallest absolute Gasteiger partial charge is 0.0105 e. The number of rotatable bonds is 14. The summed E-state index contributed by atoms with van der Waals surface area (Å²) in [5.74, 6) is 0. The molecule has 0 saturated carbocycles. The van der Waals surface area contributed by atoms with Crippen molar-refractivity contribution in [3.05, 3.63) is 305 Å². The predicted octanol–water partition coefficient (Wildman–Crippen LogP) is 14.9. The summed E-state index contributed by atoms with van der Waals surface area (Å²) in [5.41, 5.74) is 14.0. The highest BCUT2D eigenvalue weighted by molar-refractivity contribution is 7.79. The molecule has 62 heavy (non-hydrogen) atoms. The molecule has 0 spiro atoms. The maximum absolute atomic E-state index is 4.16. The van der Waals surface area contributed by atoms with Gasteiger partial charge in [0.05, 0.1) is 0 Å². The number of hydrogen-bond acceptors (Lipinski definition) is 0. The Balaban J connectivity index is 1.19. The van der Waals surface area contributed by atoms with E-state index >= 15 is 0 Å². The number of hydrogen-bond donors (Lipinski definition) is 0. The monoisotopic (exact) mass is 812 g/mol. The van der Waals surface area contributed by atoms with Crippen molar-refractivity contribution in [1.29, 1.82) is 0 Å². The fourth-order valence-corrected chi connectivity index (χ4v) is 9.90. The van der Waals surface area contributed by atoms with E-state index in [1.807, 2.05) is 19.1 Å². The van der Waals surface area contributed by atoms with Crippen LogP contribution < -0.4 is 15.9 Å². The third-order valence-electron chi connectivity index (χ3n) is 10.8. The third-order valence-corrected chi connectivity index (χ3v) is 13.3.